The van der Waals surface area contributed by atoms with E-state index in [1.807, 2.05) is 30.3 Å². The molecule has 0 radical (unpaired) electrons. The highest BCUT2D eigenvalue weighted by Crippen LogP contribution is 2.22. The zero-order chi connectivity index (χ0) is 19.2. The summed E-state index contributed by atoms with van der Waals surface area (Å²) in [5.74, 6) is 0.344. The lowest BCUT2D eigenvalue weighted by molar-refractivity contribution is 0.790. The number of rotatable bonds is 6. The van der Waals surface area contributed by atoms with Gasteiger partial charge in [0.2, 0.25) is 0 Å². The molecule has 0 unspecified atom stereocenters. The second kappa shape index (κ2) is 8.27. The van der Waals surface area contributed by atoms with Gasteiger partial charge in [-0.05, 0) is 43.2 Å². The van der Waals surface area contributed by atoms with Gasteiger partial charge in [0.05, 0.1) is 22.6 Å². The fraction of sp³-hybridized carbons (Fsp3) is 0.150. The molecule has 134 valence electrons. The van der Waals surface area contributed by atoms with Gasteiger partial charge < -0.3 is 11.1 Å². The number of aryl methyl sites for hydroxylation is 1. The Morgan fingerprint density at radius 3 is 2.59 bits per heavy atom. The number of anilines is 2. The van der Waals surface area contributed by atoms with Gasteiger partial charge in [0.15, 0.2) is 0 Å². The van der Waals surface area contributed by atoms with Crippen LogP contribution in [0, 0.1) is 22.7 Å². The molecule has 0 saturated heterocycles. The van der Waals surface area contributed by atoms with Crippen LogP contribution in [0.25, 0.3) is 5.69 Å². The SMILES string of the molecule is N#Cc1cc(Cl)ccc1NCCCc1nn(-c2ccccc2)c(N)c1C#N. The zero-order valence-electron chi connectivity index (χ0n) is 14.5. The third-order valence-electron chi connectivity index (χ3n) is 4.11. The molecule has 7 heteroatoms. The summed E-state index contributed by atoms with van der Waals surface area (Å²) in [5, 5.41) is 26.9. The lowest BCUT2D eigenvalue weighted by Gasteiger charge is -2.08. The first kappa shape index (κ1) is 18.3. The van der Waals surface area contributed by atoms with E-state index in [1.165, 1.54) is 0 Å². The molecule has 0 bridgehead atoms. The summed E-state index contributed by atoms with van der Waals surface area (Å²) in [7, 11) is 0. The number of nitrogens with one attached hydrogen (secondary N) is 1. The van der Waals surface area contributed by atoms with Crippen LogP contribution < -0.4 is 11.1 Å². The molecule has 0 aliphatic carbocycles. The number of hydrogen-bond acceptors (Lipinski definition) is 5. The maximum Gasteiger partial charge on any atom is 0.145 e. The summed E-state index contributed by atoms with van der Waals surface area (Å²) < 4.78 is 1.59. The second-order valence-electron chi connectivity index (χ2n) is 5.90. The molecule has 27 heavy (non-hydrogen) atoms. The van der Waals surface area contributed by atoms with E-state index in [2.05, 4.69) is 22.6 Å². The highest BCUT2D eigenvalue weighted by molar-refractivity contribution is 6.30. The number of aromatic nitrogens is 2. The van der Waals surface area contributed by atoms with Gasteiger partial charge in [-0.25, -0.2) is 4.68 Å². The Morgan fingerprint density at radius 2 is 1.89 bits per heavy atom. The number of nitrogens with two attached hydrogens (primary N) is 1. The predicted octanol–water partition coefficient (Wildman–Crippen LogP) is 3.90. The topological polar surface area (TPSA) is 103 Å². The van der Waals surface area contributed by atoms with Crippen LogP contribution in [0.1, 0.15) is 23.2 Å². The van der Waals surface area contributed by atoms with Crippen molar-refractivity contribution in [3.05, 3.63) is 70.4 Å². The van der Waals surface area contributed by atoms with Crippen LogP contribution in [0.3, 0.4) is 0 Å². The van der Waals surface area contributed by atoms with E-state index in [-0.39, 0.29) is 0 Å². The minimum atomic E-state index is 0.344. The van der Waals surface area contributed by atoms with Gasteiger partial charge in [-0.2, -0.15) is 15.6 Å². The molecule has 0 amide bonds. The fourth-order valence-corrected chi connectivity index (χ4v) is 2.96. The molecule has 0 fully saturated rings. The first-order chi connectivity index (χ1) is 13.1. The Morgan fingerprint density at radius 1 is 1.11 bits per heavy atom. The van der Waals surface area contributed by atoms with Crippen molar-refractivity contribution in [1.29, 1.82) is 10.5 Å². The van der Waals surface area contributed by atoms with E-state index < -0.39 is 0 Å². The molecule has 3 aromatic rings. The van der Waals surface area contributed by atoms with Crippen molar-refractivity contribution in [3.63, 3.8) is 0 Å². The summed E-state index contributed by atoms with van der Waals surface area (Å²) in [6, 6.07) is 18.9. The third-order valence-corrected chi connectivity index (χ3v) is 4.35. The van der Waals surface area contributed by atoms with Crippen LogP contribution in [0.4, 0.5) is 11.5 Å². The fourth-order valence-electron chi connectivity index (χ4n) is 2.78. The van der Waals surface area contributed by atoms with Gasteiger partial charge in [0.25, 0.3) is 0 Å². The molecule has 1 aromatic heterocycles. The molecule has 0 saturated carbocycles. The number of nitrogen functional groups attached to an aromatic ring is 1. The summed E-state index contributed by atoms with van der Waals surface area (Å²) in [4.78, 5) is 0. The van der Waals surface area contributed by atoms with Gasteiger partial charge in [0.1, 0.15) is 23.5 Å². The molecular weight excluding hydrogens is 360 g/mol. The summed E-state index contributed by atoms with van der Waals surface area (Å²) in [5.41, 5.74) is 9.22. The van der Waals surface area contributed by atoms with E-state index in [4.69, 9.17) is 17.3 Å². The summed E-state index contributed by atoms with van der Waals surface area (Å²) in [6.45, 7) is 0.624. The molecule has 0 atom stereocenters. The lowest BCUT2D eigenvalue weighted by atomic mass is 10.1. The van der Waals surface area contributed by atoms with Crippen molar-refractivity contribution >= 4 is 23.1 Å². The maximum absolute atomic E-state index is 9.44. The Labute approximate surface area is 162 Å². The van der Waals surface area contributed by atoms with Gasteiger partial charge in [-0.15, -0.1) is 0 Å². The van der Waals surface area contributed by atoms with Crippen LogP contribution in [0.2, 0.25) is 5.02 Å². The van der Waals surface area contributed by atoms with Gasteiger partial charge in [-0.3, -0.25) is 0 Å². The van der Waals surface area contributed by atoms with E-state index in [0.29, 0.717) is 40.6 Å². The summed E-state index contributed by atoms with van der Waals surface area (Å²) in [6.07, 6.45) is 1.32. The average molecular weight is 377 g/mol. The standard InChI is InChI=1S/C20H17ClN6/c21-15-8-9-18(14(11-15)12-22)25-10-4-7-19-17(13-23)20(24)27(26-19)16-5-2-1-3-6-16/h1-3,5-6,8-9,11,25H,4,7,10,24H2. The van der Waals surface area contributed by atoms with Crippen molar-refractivity contribution in [2.75, 3.05) is 17.6 Å². The Balaban J connectivity index is 1.69. The van der Waals surface area contributed by atoms with E-state index in [1.54, 1.807) is 22.9 Å². The minimum Gasteiger partial charge on any atom is -0.384 e. The van der Waals surface area contributed by atoms with Crippen molar-refractivity contribution in [3.8, 4) is 17.8 Å². The highest BCUT2D eigenvalue weighted by Gasteiger charge is 2.16. The highest BCUT2D eigenvalue weighted by atomic mass is 35.5. The van der Waals surface area contributed by atoms with Crippen molar-refractivity contribution in [2.24, 2.45) is 0 Å². The first-order valence-electron chi connectivity index (χ1n) is 8.40. The number of nitrogens with zero attached hydrogens (tertiary/aromatic N) is 4. The monoisotopic (exact) mass is 376 g/mol. The molecule has 0 aliphatic rings. The molecule has 0 aliphatic heterocycles. The summed E-state index contributed by atoms with van der Waals surface area (Å²) >= 11 is 5.91. The largest absolute Gasteiger partial charge is 0.384 e. The second-order valence-corrected chi connectivity index (χ2v) is 6.33. The quantitative estimate of drug-likeness (QED) is 0.635. The number of hydrogen-bond donors (Lipinski definition) is 2. The van der Waals surface area contributed by atoms with Crippen LogP contribution in [0.15, 0.2) is 48.5 Å². The van der Waals surface area contributed by atoms with Crippen molar-refractivity contribution in [2.45, 2.75) is 12.8 Å². The molecule has 6 nitrogen and oxygen atoms in total. The average Bonchev–Trinajstić information content (AvgIpc) is 3.02. The zero-order valence-corrected chi connectivity index (χ0v) is 15.2. The number of benzene rings is 2. The van der Waals surface area contributed by atoms with Gasteiger partial charge in [-0.1, -0.05) is 29.8 Å². The molecule has 3 N–H and O–H groups in total. The lowest BCUT2D eigenvalue weighted by Crippen LogP contribution is -2.05. The molecule has 3 rings (SSSR count). The smallest absolute Gasteiger partial charge is 0.145 e. The first-order valence-corrected chi connectivity index (χ1v) is 8.78. The van der Waals surface area contributed by atoms with Gasteiger partial charge in [0, 0.05) is 11.6 Å². The normalized spacial score (nSPS) is 10.2. The molecular formula is C20H17ClN6. The van der Waals surface area contributed by atoms with Crippen LogP contribution in [-0.2, 0) is 6.42 Å². The number of halogens is 1. The van der Waals surface area contributed by atoms with Crippen molar-refractivity contribution in [1.82, 2.24) is 9.78 Å². The van der Waals surface area contributed by atoms with Gasteiger partial charge >= 0.3 is 0 Å². The van der Waals surface area contributed by atoms with Crippen LogP contribution in [-0.4, -0.2) is 16.3 Å². The van der Waals surface area contributed by atoms with Crippen molar-refractivity contribution < 1.29 is 0 Å². The number of para-hydroxylation sites is 1. The van der Waals surface area contributed by atoms with Crippen LogP contribution in [0.5, 0.6) is 0 Å². The van der Waals surface area contributed by atoms with E-state index in [9.17, 15) is 10.5 Å². The predicted molar refractivity (Wildman–Crippen MR) is 106 cm³/mol. The van der Waals surface area contributed by atoms with E-state index in [0.717, 1.165) is 17.8 Å². The Bertz CT molecular complexity index is 1030. The maximum atomic E-state index is 9.44. The molecule has 1 heterocycles. The van der Waals surface area contributed by atoms with E-state index >= 15 is 0 Å². The minimum absolute atomic E-state index is 0.344. The Hall–Kier alpha value is -3.48. The number of nitriles is 2. The molecule has 0 spiro atoms. The molecule has 2 aromatic carbocycles. The third kappa shape index (κ3) is 4.03. The Kier molecular flexibility index (Phi) is 5.61. The van der Waals surface area contributed by atoms with Crippen LogP contribution >= 0.6 is 11.6 Å².